The van der Waals surface area contributed by atoms with Gasteiger partial charge < -0.3 is 15.5 Å². The van der Waals surface area contributed by atoms with Crippen molar-refractivity contribution in [2.75, 3.05) is 23.3 Å². The molecule has 1 atom stereocenters. The number of hydrogen-bond acceptors (Lipinski definition) is 5. The van der Waals surface area contributed by atoms with Gasteiger partial charge in [-0.2, -0.15) is 0 Å². The number of carbonyl (C=O) groups is 2. The van der Waals surface area contributed by atoms with Crippen LogP contribution in [-0.4, -0.2) is 41.1 Å². The van der Waals surface area contributed by atoms with Crippen molar-refractivity contribution >= 4 is 23.3 Å². The normalized spacial score (nSPS) is 16.3. The minimum atomic E-state index is -0.603. The van der Waals surface area contributed by atoms with E-state index < -0.39 is 12.1 Å². The lowest BCUT2D eigenvalue weighted by molar-refractivity contribution is -0.117. The fourth-order valence-electron chi connectivity index (χ4n) is 2.83. The number of benzene rings is 1. The third-order valence-electron chi connectivity index (χ3n) is 4.40. The highest BCUT2D eigenvalue weighted by molar-refractivity contribution is 5.98. The first-order valence-corrected chi connectivity index (χ1v) is 8.71. The predicted molar refractivity (Wildman–Crippen MR) is 104 cm³/mol. The fourth-order valence-corrected chi connectivity index (χ4v) is 2.83. The Morgan fingerprint density at radius 2 is 1.96 bits per heavy atom. The minimum absolute atomic E-state index is 0.0804. The number of nitrogens with zero attached hydrogens (tertiary/aromatic N) is 3. The molecule has 2 heterocycles. The summed E-state index contributed by atoms with van der Waals surface area (Å²) in [5, 5.41) is 13.4. The maximum absolute atomic E-state index is 12.2. The largest absolute Gasteiger partial charge is 0.345 e. The molecule has 1 aliphatic rings. The molecule has 0 saturated carbocycles. The number of carbonyl (C=O) groups excluding carboxylic acids is 2. The van der Waals surface area contributed by atoms with Gasteiger partial charge in [-0.3, -0.25) is 4.79 Å². The molecule has 1 saturated heterocycles. The lowest BCUT2D eigenvalue weighted by atomic mass is 10.0. The zero-order chi connectivity index (χ0) is 19.4. The summed E-state index contributed by atoms with van der Waals surface area (Å²) in [6, 6.07) is 10.0. The van der Waals surface area contributed by atoms with E-state index in [1.807, 2.05) is 24.3 Å². The number of aromatic nitrogens is 2. The van der Waals surface area contributed by atoms with Crippen LogP contribution < -0.4 is 15.5 Å². The number of ketones is 1. The van der Waals surface area contributed by atoms with Gasteiger partial charge in [0.05, 0.1) is 6.54 Å². The summed E-state index contributed by atoms with van der Waals surface area (Å²) >= 11 is 0. The molecule has 3 rings (SSSR count). The molecule has 7 nitrogen and oxygen atoms in total. The van der Waals surface area contributed by atoms with Crippen LogP contribution in [0.2, 0.25) is 0 Å². The summed E-state index contributed by atoms with van der Waals surface area (Å²) in [6.07, 6.45) is 5.26. The van der Waals surface area contributed by atoms with Crippen molar-refractivity contribution in [3.05, 3.63) is 47.7 Å². The van der Waals surface area contributed by atoms with Gasteiger partial charge in [-0.25, -0.2) is 4.79 Å². The standard InChI is InChI=1S/C20H21N5O2/c1-4-15-9-10-19(24-23-15)25-11-17(18(26)12-25)22-20(27)21-16-7-5-14(6-8-16)13(2)3/h1,5-10,13,17H,11-12H2,2-3H3,(H2,21,22,27)/t17-/m0/s1. The van der Waals surface area contributed by atoms with Crippen LogP contribution >= 0.6 is 0 Å². The molecular weight excluding hydrogens is 342 g/mol. The van der Waals surface area contributed by atoms with E-state index in [-0.39, 0.29) is 12.3 Å². The molecule has 1 aromatic heterocycles. The second kappa shape index (κ2) is 7.87. The fraction of sp³-hybridized carbons (Fsp3) is 0.300. The van der Waals surface area contributed by atoms with Gasteiger partial charge >= 0.3 is 6.03 Å². The summed E-state index contributed by atoms with van der Waals surface area (Å²) in [5.41, 5.74) is 2.30. The Hall–Kier alpha value is -3.40. The third-order valence-corrected chi connectivity index (χ3v) is 4.40. The summed E-state index contributed by atoms with van der Waals surface area (Å²) in [7, 11) is 0. The summed E-state index contributed by atoms with van der Waals surface area (Å²) in [5.74, 6) is 3.29. The highest BCUT2D eigenvalue weighted by atomic mass is 16.2. The van der Waals surface area contributed by atoms with Crippen LogP contribution in [0.5, 0.6) is 0 Å². The molecule has 1 aliphatic heterocycles. The summed E-state index contributed by atoms with van der Waals surface area (Å²) in [6.45, 7) is 4.72. The average Bonchev–Trinajstić information content (AvgIpc) is 3.02. The number of urea groups is 1. The maximum Gasteiger partial charge on any atom is 0.319 e. The first kappa shape index (κ1) is 18.4. The Balaban J connectivity index is 1.57. The minimum Gasteiger partial charge on any atom is -0.345 e. The van der Waals surface area contributed by atoms with Crippen molar-refractivity contribution in [3.63, 3.8) is 0 Å². The van der Waals surface area contributed by atoms with E-state index in [2.05, 4.69) is 40.6 Å². The van der Waals surface area contributed by atoms with Crippen LogP contribution in [0, 0.1) is 12.3 Å². The number of anilines is 2. The van der Waals surface area contributed by atoms with Gasteiger partial charge in [0, 0.05) is 12.2 Å². The number of rotatable bonds is 4. The molecule has 138 valence electrons. The van der Waals surface area contributed by atoms with E-state index in [0.29, 0.717) is 29.7 Å². The number of amides is 2. The van der Waals surface area contributed by atoms with E-state index in [4.69, 9.17) is 6.42 Å². The third kappa shape index (κ3) is 4.42. The van der Waals surface area contributed by atoms with Gasteiger partial charge in [0.15, 0.2) is 11.6 Å². The van der Waals surface area contributed by atoms with Gasteiger partial charge in [0.2, 0.25) is 0 Å². The van der Waals surface area contributed by atoms with Gasteiger partial charge in [0.25, 0.3) is 0 Å². The molecule has 0 radical (unpaired) electrons. The monoisotopic (exact) mass is 363 g/mol. The lowest BCUT2D eigenvalue weighted by Crippen LogP contribution is -2.43. The molecule has 0 bridgehead atoms. The average molecular weight is 363 g/mol. The molecule has 1 fully saturated rings. The number of Topliss-reactive ketones (excluding diaryl/α,β-unsaturated/α-hetero) is 1. The maximum atomic E-state index is 12.2. The second-order valence-electron chi connectivity index (χ2n) is 6.70. The van der Waals surface area contributed by atoms with E-state index in [1.165, 1.54) is 5.56 Å². The van der Waals surface area contributed by atoms with Crippen molar-refractivity contribution < 1.29 is 9.59 Å². The summed E-state index contributed by atoms with van der Waals surface area (Å²) in [4.78, 5) is 26.2. The predicted octanol–water partition coefficient (Wildman–Crippen LogP) is 2.16. The molecular formula is C20H21N5O2. The molecule has 1 aromatic carbocycles. The first-order valence-electron chi connectivity index (χ1n) is 8.71. The highest BCUT2D eigenvalue weighted by Gasteiger charge is 2.32. The van der Waals surface area contributed by atoms with Crippen LogP contribution in [0.4, 0.5) is 16.3 Å². The van der Waals surface area contributed by atoms with Crippen molar-refractivity contribution in [2.45, 2.75) is 25.8 Å². The van der Waals surface area contributed by atoms with Crippen molar-refractivity contribution in [2.24, 2.45) is 0 Å². The molecule has 0 unspecified atom stereocenters. The molecule has 0 spiro atoms. The van der Waals surface area contributed by atoms with Gasteiger partial charge in [-0.15, -0.1) is 16.6 Å². The van der Waals surface area contributed by atoms with Crippen molar-refractivity contribution in [1.82, 2.24) is 15.5 Å². The Morgan fingerprint density at radius 3 is 2.56 bits per heavy atom. The molecule has 2 amide bonds. The van der Waals surface area contributed by atoms with E-state index >= 15 is 0 Å². The van der Waals surface area contributed by atoms with Gasteiger partial charge in [-0.1, -0.05) is 26.0 Å². The second-order valence-corrected chi connectivity index (χ2v) is 6.70. The van der Waals surface area contributed by atoms with E-state index in [0.717, 1.165) is 0 Å². The summed E-state index contributed by atoms with van der Waals surface area (Å²) < 4.78 is 0. The molecule has 27 heavy (non-hydrogen) atoms. The number of nitrogens with one attached hydrogen (secondary N) is 2. The Labute approximate surface area is 158 Å². The smallest absolute Gasteiger partial charge is 0.319 e. The number of terminal acetylenes is 1. The molecule has 2 aromatic rings. The zero-order valence-corrected chi connectivity index (χ0v) is 15.3. The van der Waals surface area contributed by atoms with Crippen molar-refractivity contribution in [3.8, 4) is 12.3 Å². The topological polar surface area (TPSA) is 87.2 Å². The van der Waals surface area contributed by atoms with E-state index in [9.17, 15) is 9.59 Å². The number of hydrogen-bond donors (Lipinski definition) is 2. The van der Waals surface area contributed by atoms with Crippen LogP contribution in [0.3, 0.4) is 0 Å². The molecule has 7 heteroatoms. The van der Waals surface area contributed by atoms with Crippen LogP contribution in [-0.2, 0) is 4.79 Å². The van der Waals surface area contributed by atoms with Crippen LogP contribution in [0.1, 0.15) is 31.0 Å². The van der Waals surface area contributed by atoms with Crippen LogP contribution in [0.25, 0.3) is 0 Å². The quantitative estimate of drug-likeness (QED) is 0.813. The first-order chi connectivity index (χ1) is 13.0. The van der Waals surface area contributed by atoms with E-state index in [1.54, 1.807) is 17.0 Å². The lowest BCUT2D eigenvalue weighted by Gasteiger charge is -2.16. The highest BCUT2D eigenvalue weighted by Crippen LogP contribution is 2.18. The Kier molecular flexibility index (Phi) is 5.36. The van der Waals surface area contributed by atoms with Gasteiger partial charge in [0.1, 0.15) is 11.7 Å². The SMILES string of the molecule is C#Cc1ccc(N2CC(=O)[C@@H](NC(=O)Nc3ccc(C(C)C)cc3)C2)nn1. The molecule has 2 N–H and O–H groups in total. The van der Waals surface area contributed by atoms with Crippen LogP contribution in [0.15, 0.2) is 36.4 Å². The Morgan fingerprint density at radius 1 is 1.22 bits per heavy atom. The van der Waals surface area contributed by atoms with Crippen molar-refractivity contribution in [1.29, 1.82) is 0 Å². The Bertz CT molecular complexity index is 869. The van der Waals surface area contributed by atoms with Gasteiger partial charge in [-0.05, 0) is 41.7 Å². The zero-order valence-electron chi connectivity index (χ0n) is 15.3. The molecule has 0 aliphatic carbocycles.